The number of rotatable bonds is 5. The highest BCUT2D eigenvalue weighted by molar-refractivity contribution is 7.17. The fraction of sp³-hybridized carbons (Fsp3) is 0.258. The molecule has 0 unspecified atom stereocenters. The number of piperazine rings is 1. The molecule has 6 rings (SSSR count). The highest BCUT2D eigenvalue weighted by Gasteiger charge is 2.54. The van der Waals surface area contributed by atoms with E-state index >= 15 is 0 Å². The van der Waals surface area contributed by atoms with Gasteiger partial charge in [-0.15, -0.1) is 11.3 Å². The van der Waals surface area contributed by atoms with Crippen molar-refractivity contribution in [1.29, 1.82) is 0 Å². The second-order valence-corrected chi connectivity index (χ2v) is 11.2. The van der Waals surface area contributed by atoms with Gasteiger partial charge in [-0.25, -0.2) is 14.4 Å². The first-order valence-electron chi connectivity index (χ1n) is 13.4. The van der Waals surface area contributed by atoms with Gasteiger partial charge in [-0.3, -0.25) is 4.90 Å². The van der Waals surface area contributed by atoms with E-state index in [1.165, 1.54) is 4.90 Å². The molecule has 2 bridgehead atoms. The SMILES string of the molecule is CN(Cc1csc2ccccc12)C(=O)N1[C@H]2CC[C@@H]1[C@@H](C(=O)O)N(C(=O)N(c1ccccc1)c1ccccc1)C2. The Kier molecular flexibility index (Phi) is 6.89. The Bertz CT molecular complexity index is 1500. The Morgan fingerprint density at radius 3 is 2.15 bits per heavy atom. The molecule has 2 aliphatic rings. The molecule has 40 heavy (non-hydrogen) atoms. The molecule has 3 aromatic carbocycles. The van der Waals surface area contributed by atoms with E-state index < -0.39 is 24.1 Å². The molecular weight excluding hydrogens is 524 g/mol. The third kappa shape index (κ3) is 4.56. The molecule has 4 amide bonds. The number of carboxylic acid groups (broad SMARTS) is 1. The Hall–Kier alpha value is -4.37. The average molecular weight is 555 g/mol. The van der Waals surface area contributed by atoms with Crippen LogP contribution in [-0.2, 0) is 11.3 Å². The molecule has 2 aliphatic heterocycles. The van der Waals surface area contributed by atoms with Gasteiger partial charge in [-0.1, -0.05) is 54.6 Å². The second-order valence-electron chi connectivity index (χ2n) is 10.3. The average Bonchev–Trinajstić information content (AvgIpc) is 3.52. The molecule has 0 spiro atoms. The lowest BCUT2D eigenvalue weighted by molar-refractivity contribution is -0.145. The summed E-state index contributed by atoms with van der Waals surface area (Å²) in [6, 6.07) is 23.9. The smallest absolute Gasteiger partial charge is 0.329 e. The maximum atomic E-state index is 14.2. The minimum atomic E-state index is -1.15. The van der Waals surface area contributed by atoms with Crippen LogP contribution in [0.25, 0.3) is 10.1 Å². The van der Waals surface area contributed by atoms with Gasteiger partial charge < -0.3 is 19.8 Å². The van der Waals surface area contributed by atoms with E-state index in [1.54, 1.807) is 33.1 Å². The van der Waals surface area contributed by atoms with Gasteiger partial charge in [0.15, 0.2) is 6.04 Å². The Labute approximate surface area is 236 Å². The number of carbonyl (C=O) groups is 3. The zero-order valence-corrected chi connectivity index (χ0v) is 22.9. The number of thiophene rings is 1. The van der Waals surface area contributed by atoms with E-state index in [1.807, 2.05) is 72.8 Å². The van der Waals surface area contributed by atoms with Gasteiger partial charge in [0.25, 0.3) is 0 Å². The molecule has 204 valence electrons. The monoisotopic (exact) mass is 554 g/mol. The van der Waals surface area contributed by atoms with Crippen molar-refractivity contribution in [3.05, 3.63) is 95.9 Å². The fourth-order valence-corrected chi connectivity index (χ4v) is 7.02. The molecule has 0 radical (unpaired) electrons. The fourth-order valence-electron chi connectivity index (χ4n) is 6.07. The summed E-state index contributed by atoms with van der Waals surface area (Å²) in [5.74, 6) is -1.11. The number of fused-ring (bicyclic) bond motifs is 3. The number of nitrogens with zero attached hydrogens (tertiary/aromatic N) is 4. The summed E-state index contributed by atoms with van der Waals surface area (Å²) in [5.41, 5.74) is 2.36. The van der Waals surface area contributed by atoms with Crippen LogP contribution in [0, 0.1) is 0 Å². The van der Waals surface area contributed by atoms with Gasteiger partial charge in [0.2, 0.25) is 0 Å². The molecule has 1 aromatic heterocycles. The molecule has 3 heterocycles. The van der Waals surface area contributed by atoms with Gasteiger partial charge in [-0.05, 0) is 59.5 Å². The lowest BCUT2D eigenvalue weighted by atomic mass is 10.0. The van der Waals surface area contributed by atoms with Crippen LogP contribution in [0.5, 0.6) is 0 Å². The largest absolute Gasteiger partial charge is 0.480 e. The summed E-state index contributed by atoms with van der Waals surface area (Å²) in [5, 5.41) is 13.6. The first kappa shape index (κ1) is 25.9. The number of aliphatic carboxylic acids is 1. The number of likely N-dealkylation sites (tertiary alicyclic amines) is 1. The molecule has 3 atom stereocenters. The van der Waals surface area contributed by atoms with E-state index in [0.717, 1.165) is 15.6 Å². The highest BCUT2D eigenvalue weighted by atomic mass is 32.1. The minimum Gasteiger partial charge on any atom is -0.480 e. The molecule has 2 fully saturated rings. The first-order chi connectivity index (χ1) is 19.4. The summed E-state index contributed by atoms with van der Waals surface area (Å²) in [6.07, 6.45) is 1.18. The van der Waals surface area contributed by atoms with E-state index in [0.29, 0.717) is 30.8 Å². The number of anilines is 2. The molecule has 8 nitrogen and oxygen atoms in total. The third-order valence-electron chi connectivity index (χ3n) is 7.89. The van der Waals surface area contributed by atoms with Crippen LogP contribution in [-0.4, -0.2) is 69.6 Å². The zero-order chi connectivity index (χ0) is 27.8. The van der Waals surface area contributed by atoms with Gasteiger partial charge in [0.05, 0.1) is 23.5 Å². The van der Waals surface area contributed by atoms with Crippen molar-refractivity contribution < 1.29 is 19.5 Å². The number of amides is 4. The summed E-state index contributed by atoms with van der Waals surface area (Å²) >= 11 is 1.65. The van der Waals surface area contributed by atoms with E-state index in [4.69, 9.17) is 0 Å². The predicted molar refractivity (Wildman–Crippen MR) is 156 cm³/mol. The highest BCUT2D eigenvalue weighted by Crippen LogP contribution is 2.38. The van der Waals surface area contributed by atoms with Gasteiger partial charge in [-0.2, -0.15) is 0 Å². The van der Waals surface area contributed by atoms with Gasteiger partial charge in [0.1, 0.15) is 0 Å². The molecule has 1 N–H and O–H groups in total. The molecule has 9 heteroatoms. The number of benzene rings is 3. The van der Waals surface area contributed by atoms with Crippen molar-refractivity contribution in [1.82, 2.24) is 14.7 Å². The van der Waals surface area contributed by atoms with Crippen LogP contribution < -0.4 is 4.90 Å². The number of para-hydroxylation sites is 2. The third-order valence-corrected chi connectivity index (χ3v) is 8.90. The van der Waals surface area contributed by atoms with Crippen molar-refractivity contribution in [3.63, 3.8) is 0 Å². The Balaban J connectivity index is 1.27. The molecular formula is C31H30N4O4S. The van der Waals surface area contributed by atoms with Gasteiger partial charge >= 0.3 is 18.0 Å². The van der Waals surface area contributed by atoms with Crippen molar-refractivity contribution >= 4 is 50.8 Å². The van der Waals surface area contributed by atoms with Crippen molar-refractivity contribution in [2.45, 2.75) is 37.5 Å². The Morgan fingerprint density at radius 1 is 0.875 bits per heavy atom. The number of carboxylic acids is 1. The quantitative estimate of drug-likeness (QED) is 0.327. The van der Waals surface area contributed by atoms with Crippen LogP contribution in [0.2, 0.25) is 0 Å². The molecule has 4 aromatic rings. The topological polar surface area (TPSA) is 84.4 Å². The van der Waals surface area contributed by atoms with Crippen LogP contribution >= 0.6 is 11.3 Å². The van der Waals surface area contributed by atoms with Gasteiger partial charge in [0, 0.05) is 24.8 Å². The summed E-state index contributed by atoms with van der Waals surface area (Å²) < 4.78 is 1.16. The minimum absolute atomic E-state index is 0.156. The molecule has 2 saturated heterocycles. The van der Waals surface area contributed by atoms with Crippen LogP contribution in [0.15, 0.2) is 90.3 Å². The lowest BCUT2D eigenvalue weighted by Gasteiger charge is -2.47. The summed E-state index contributed by atoms with van der Waals surface area (Å²) in [4.78, 5) is 47.1. The maximum absolute atomic E-state index is 14.2. The normalized spacial score (nSPS) is 20.0. The standard InChI is InChI=1S/C31H30N4O4S/c1-32(18-21-20-40-27-15-9-8-14-25(21)27)30(38)35-24-16-17-26(35)28(29(36)37)33(19-24)31(39)34(22-10-4-2-5-11-22)23-12-6-3-7-13-23/h2-15,20,24,26,28H,16-19H2,1H3,(H,36,37)/t24-,26+,28-/m0/s1. The van der Waals surface area contributed by atoms with E-state index in [9.17, 15) is 19.5 Å². The number of hydrogen-bond acceptors (Lipinski definition) is 4. The maximum Gasteiger partial charge on any atom is 0.329 e. The first-order valence-corrected chi connectivity index (χ1v) is 14.2. The summed E-state index contributed by atoms with van der Waals surface area (Å²) in [6.45, 7) is 0.582. The number of urea groups is 2. The Morgan fingerprint density at radius 2 is 1.50 bits per heavy atom. The zero-order valence-electron chi connectivity index (χ0n) is 22.1. The number of hydrogen-bond donors (Lipinski definition) is 1. The van der Waals surface area contributed by atoms with Crippen LogP contribution in [0.4, 0.5) is 21.0 Å². The molecule has 0 saturated carbocycles. The van der Waals surface area contributed by atoms with Crippen molar-refractivity contribution in [2.75, 3.05) is 18.5 Å². The molecule has 0 aliphatic carbocycles. The second kappa shape index (κ2) is 10.7. The lowest BCUT2D eigenvalue weighted by Crippen LogP contribution is -2.67. The van der Waals surface area contributed by atoms with Crippen molar-refractivity contribution in [2.24, 2.45) is 0 Å². The summed E-state index contributed by atoms with van der Waals surface area (Å²) in [7, 11) is 1.76. The number of carbonyl (C=O) groups excluding carboxylic acids is 2. The van der Waals surface area contributed by atoms with Crippen molar-refractivity contribution in [3.8, 4) is 0 Å². The van der Waals surface area contributed by atoms with Crippen LogP contribution in [0.1, 0.15) is 18.4 Å². The van der Waals surface area contributed by atoms with Crippen LogP contribution in [0.3, 0.4) is 0 Å². The van der Waals surface area contributed by atoms with E-state index in [2.05, 4.69) is 17.5 Å². The predicted octanol–water partition coefficient (Wildman–Crippen LogP) is 6.01. The van der Waals surface area contributed by atoms with E-state index in [-0.39, 0.29) is 18.6 Å².